The Morgan fingerprint density at radius 1 is 1.21 bits per heavy atom. The fraction of sp³-hybridized carbons (Fsp3) is 0.231. The summed E-state index contributed by atoms with van der Waals surface area (Å²) in [5.41, 5.74) is 0.959. The largest absolute Gasteiger partial charge is 0.416 e. The van der Waals surface area contributed by atoms with E-state index in [1.807, 2.05) is 13.0 Å². The van der Waals surface area contributed by atoms with Crippen LogP contribution < -0.4 is 0 Å². The minimum absolute atomic E-state index is 0.239. The van der Waals surface area contributed by atoms with Crippen LogP contribution in [-0.4, -0.2) is 0 Å². The first-order valence-electron chi connectivity index (χ1n) is 5.36. The lowest BCUT2D eigenvalue weighted by molar-refractivity contribution is -0.137. The molecule has 2 rings (SSSR count). The van der Waals surface area contributed by atoms with Crippen molar-refractivity contribution in [3.63, 3.8) is 0 Å². The zero-order chi connectivity index (χ0) is 14.2. The molecule has 6 heteroatoms. The van der Waals surface area contributed by atoms with Crippen LogP contribution in [0.25, 0.3) is 0 Å². The maximum Gasteiger partial charge on any atom is 0.416 e. The molecule has 0 aliphatic rings. The second kappa shape index (κ2) is 5.58. The van der Waals surface area contributed by atoms with Gasteiger partial charge in [0, 0.05) is 4.88 Å². The summed E-state index contributed by atoms with van der Waals surface area (Å²) in [7, 11) is 0. The Labute approximate surface area is 129 Å². The quantitative estimate of drug-likeness (QED) is 0.505. The Bertz CT molecular complexity index is 590. The van der Waals surface area contributed by atoms with Crippen LogP contribution in [0.1, 0.15) is 26.4 Å². The molecule has 0 bridgehead atoms. The molecule has 1 atom stereocenters. The second-order valence-corrected chi connectivity index (χ2v) is 7.60. The number of hydrogen-bond acceptors (Lipinski definition) is 1. The first-order valence-corrected chi connectivity index (χ1v) is 7.88. The lowest BCUT2D eigenvalue weighted by Gasteiger charge is -2.13. The van der Waals surface area contributed by atoms with E-state index in [0.717, 1.165) is 20.3 Å². The van der Waals surface area contributed by atoms with Gasteiger partial charge in [-0.25, -0.2) is 0 Å². The average Bonchev–Trinajstić information content (AvgIpc) is 2.66. The number of halogens is 5. The van der Waals surface area contributed by atoms with Gasteiger partial charge in [0.05, 0.1) is 14.2 Å². The summed E-state index contributed by atoms with van der Waals surface area (Å²) in [6.07, 6.45) is -4.31. The maximum atomic E-state index is 12.7. The Morgan fingerprint density at radius 3 is 2.42 bits per heavy atom. The molecule has 1 heterocycles. The minimum Gasteiger partial charge on any atom is -0.166 e. The van der Waals surface area contributed by atoms with Crippen molar-refractivity contribution >= 4 is 43.2 Å². The Balaban J connectivity index is 2.39. The van der Waals surface area contributed by atoms with Crippen LogP contribution in [0.4, 0.5) is 13.2 Å². The molecule has 1 unspecified atom stereocenters. The molecule has 0 nitrogen and oxygen atoms in total. The van der Waals surface area contributed by atoms with E-state index in [9.17, 15) is 13.2 Å². The first-order chi connectivity index (χ1) is 8.79. The molecule has 0 fully saturated rings. The highest BCUT2D eigenvalue weighted by Crippen LogP contribution is 2.40. The van der Waals surface area contributed by atoms with E-state index in [1.165, 1.54) is 12.1 Å². The van der Waals surface area contributed by atoms with Crippen LogP contribution in [0, 0.1) is 6.92 Å². The summed E-state index contributed by atoms with van der Waals surface area (Å²) in [5.74, 6) is 0. The SMILES string of the molecule is Cc1sc(Br)cc1C(Br)c1cccc(C(F)(F)F)c1. The van der Waals surface area contributed by atoms with Crippen molar-refractivity contribution in [1.29, 1.82) is 0 Å². The summed E-state index contributed by atoms with van der Waals surface area (Å²) in [6, 6.07) is 7.33. The van der Waals surface area contributed by atoms with Gasteiger partial charge in [-0.15, -0.1) is 11.3 Å². The molecule has 1 aromatic heterocycles. The van der Waals surface area contributed by atoms with Crippen molar-refractivity contribution in [3.05, 3.63) is 55.7 Å². The average molecular weight is 414 g/mol. The molecular weight excluding hydrogens is 405 g/mol. The van der Waals surface area contributed by atoms with Crippen LogP contribution in [0.5, 0.6) is 0 Å². The standard InChI is InChI=1S/C13H9Br2F3S/c1-7-10(6-11(14)19-7)12(15)8-3-2-4-9(5-8)13(16,17)18/h2-6,12H,1H3. The van der Waals surface area contributed by atoms with Crippen LogP contribution in [0.2, 0.25) is 0 Å². The van der Waals surface area contributed by atoms with E-state index in [2.05, 4.69) is 31.9 Å². The van der Waals surface area contributed by atoms with Crippen molar-refractivity contribution in [2.75, 3.05) is 0 Å². The number of hydrogen-bond donors (Lipinski definition) is 0. The van der Waals surface area contributed by atoms with Gasteiger partial charge in [-0.1, -0.05) is 34.1 Å². The molecule has 0 saturated carbocycles. The number of thiophene rings is 1. The smallest absolute Gasteiger partial charge is 0.166 e. The third kappa shape index (κ3) is 3.41. The third-order valence-corrected chi connectivity index (χ3v) is 5.30. The fourth-order valence-corrected chi connectivity index (χ4v) is 4.42. The molecule has 2 aromatic rings. The highest BCUT2D eigenvalue weighted by atomic mass is 79.9. The zero-order valence-corrected chi connectivity index (χ0v) is 13.8. The van der Waals surface area contributed by atoms with E-state index >= 15 is 0 Å². The molecule has 102 valence electrons. The van der Waals surface area contributed by atoms with Gasteiger partial charge in [-0.2, -0.15) is 13.2 Å². The Morgan fingerprint density at radius 2 is 1.89 bits per heavy atom. The first kappa shape index (κ1) is 15.1. The molecule has 1 aromatic carbocycles. The van der Waals surface area contributed by atoms with Crippen molar-refractivity contribution in [2.45, 2.75) is 17.9 Å². The van der Waals surface area contributed by atoms with Crippen LogP contribution in [-0.2, 0) is 6.18 Å². The van der Waals surface area contributed by atoms with Crippen molar-refractivity contribution in [2.24, 2.45) is 0 Å². The van der Waals surface area contributed by atoms with Gasteiger partial charge in [0.1, 0.15) is 0 Å². The predicted octanol–water partition coefficient (Wildman–Crippen LogP) is 6.32. The van der Waals surface area contributed by atoms with Gasteiger partial charge in [0.25, 0.3) is 0 Å². The van der Waals surface area contributed by atoms with Crippen molar-refractivity contribution in [1.82, 2.24) is 0 Å². The highest BCUT2D eigenvalue weighted by Gasteiger charge is 2.31. The molecule has 0 aliphatic heterocycles. The van der Waals surface area contributed by atoms with E-state index < -0.39 is 11.7 Å². The number of alkyl halides is 4. The topological polar surface area (TPSA) is 0 Å². The predicted molar refractivity (Wildman–Crippen MR) is 79.0 cm³/mol. The van der Waals surface area contributed by atoms with Crippen LogP contribution in [0.3, 0.4) is 0 Å². The molecule has 0 saturated heterocycles. The molecule has 0 spiro atoms. The minimum atomic E-state index is -4.31. The molecule has 0 radical (unpaired) electrons. The van der Waals surface area contributed by atoms with Gasteiger partial charge in [0.15, 0.2) is 0 Å². The Kier molecular flexibility index (Phi) is 4.42. The van der Waals surface area contributed by atoms with Gasteiger partial charge in [-0.05, 0) is 46.1 Å². The number of benzene rings is 1. The molecule has 19 heavy (non-hydrogen) atoms. The zero-order valence-electron chi connectivity index (χ0n) is 9.76. The highest BCUT2D eigenvalue weighted by molar-refractivity contribution is 9.11. The van der Waals surface area contributed by atoms with Gasteiger partial charge < -0.3 is 0 Å². The monoisotopic (exact) mass is 412 g/mol. The summed E-state index contributed by atoms with van der Waals surface area (Å²) in [4.78, 5) is 0.837. The number of aryl methyl sites for hydroxylation is 1. The van der Waals surface area contributed by atoms with Crippen LogP contribution >= 0.6 is 43.2 Å². The molecule has 0 aliphatic carbocycles. The molecule has 0 N–H and O–H groups in total. The summed E-state index contributed by atoms with van der Waals surface area (Å²) in [6.45, 7) is 1.95. The van der Waals surface area contributed by atoms with Gasteiger partial charge in [-0.3, -0.25) is 0 Å². The molecular formula is C13H9Br2F3S. The van der Waals surface area contributed by atoms with Gasteiger partial charge >= 0.3 is 6.18 Å². The maximum absolute atomic E-state index is 12.7. The van der Waals surface area contributed by atoms with E-state index in [0.29, 0.717) is 5.56 Å². The van der Waals surface area contributed by atoms with E-state index in [1.54, 1.807) is 17.4 Å². The fourth-order valence-electron chi connectivity index (χ4n) is 1.76. The Hall–Kier alpha value is -0.330. The van der Waals surface area contributed by atoms with Gasteiger partial charge in [0.2, 0.25) is 0 Å². The second-order valence-electron chi connectivity index (χ2n) is 4.05. The summed E-state index contributed by atoms with van der Waals surface area (Å²) in [5, 5.41) is 0. The lowest BCUT2D eigenvalue weighted by atomic mass is 10.0. The van der Waals surface area contributed by atoms with E-state index in [4.69, 9.17) is 0 Å². The molecule has 0 amide bonds. The third-order valence-electron chi connectivity index (χ3n) is 2.71. The van der Waals surface area contributed by atoms with Crippen molar-refractivity contribution in [3.8, 4) is 0 Å². The van der Waals surface area contributed by atoms with E-state index in [-0.39, 0.29) is 4.83 Å². The van der Waals surface area contributed by atoms with Crippen LogP contribution in [0.15, 0.2) is 34.1 Å². The van der Waals surface area contributed by atoms with Crippen molar-refractivity contribution < 1.29 is 13.2 Å². The summed E-state index contributed by atoms with van der Waals surface area (Å²) >= 11 is 8.43. The number of rotatable bonds is 2. The summed E-state index contributed by atoms with van der Waals surface area (Å²) < 4.78 is 39.1. The normalized spacial score (nSPS) is 13.6. The lowest BCUT2D eigenvalue weighted by Crippen LogP contribution is -2.05.